The Hall–Kier alpha value is -2.24. The van der Waals surface area contributed by atoms with E-state index in [0.717, 1.165) is 11.0 Å². The minimum absolute atomic E-state index is 0.123. The van der Waals surface area contributed by atoms with Gasteiger partial charge in [0, 0.05) is 19.8 Å². The van der Waals surface area contributed by atoms with E-state index in [2.05, 4.69) is 10.2 Å². The van der Waals surface area contributed by atoms with Crippen LogP contribution >= 0.6 is 0 Å². The fraction of sp³-hybridized carbons (Fsp3) is 0.385. The van der Waals surface area contributed by atoms with Gasteiger partial charge in [-0.15, -0.1) is 0 Å². The van der Waals surface area contributed by atoms with Crippen molar-refractivity contribution in [3.8, 4) is 0 Å². The zero-order chi connectivity index (χ0) is 14.2. The van der Waals surface area contributed by atoms with Crippen molar-refractivity contribution in [2.24, 2.45) is 14.1 Å². The Kier molecular flexibility index (Phi) is 3.33. The average Bonchev–Trinajstić information content (AvgIpc) is 2.83. The van der Waals surface area contributed by atoms with Crippen LogP contribution in [0.2, 0.25) is 0 Å². The lowest BCUT2D eigenvalue weighted by atomic mass is 10.2. The van der Waals surface area contributed by atoms with Crippen molar-refractivity contribution < 1.29 is 0 Å². The van der Waals surface area contributed by atoms with E-state index in [1.165, 1.54) is 9.36 Å². The van der Waals surface area contributed by atoms with Crippen molar-refractivity contribution in [3.63, 3.8) is 0 Å². The molecular formula is C13H18N4O2. The molecule has 0 aliphatic heterocycles. The van der Waals surface area contributed by atoms with Crippen molar-refractivity contribution in [1.29, 1.82) is 0 Å². The molecule has 0 fully saturated rings. The lowest BCUT2D eigenvalue weighted by Crippen LogP contribution is -2.35. The molecule has 0 unspecified atom stereocenters. The molecule has 0 spiro atoms. The second kappa shape index (κ2) is 4.79. The number of nitrogens with one attached hydrogen (secondary N) is 2. The van der Waals surface area contributed by atoms with Crippen LogP contribution in [0.1, 0.15) is 25.1 Å². The number of nitrogens with zero attached hydrogens (tertiary/aromatic N) is 2. The molecule has 0 aromatic carbocycles. The molecule has 2 heterocycles. The molecule has 6 heteroatoms. The van der Waals surface area contributed by atoms with Gasteiger partial charge in [-0.2, -0.15) is 0 Å². The number of aromatic amines is 2. The standard InChI is InChI=1S/C13H18N4O2/c1-5-10-8(12(18)16(3)14-10)7-9-11(6-2)15-17(4)13(9)19/h5,7,14-15H,6H2,1-4H3. The van der Waals surface area contributed by atoms with Gasteiger partial charge in [0.1, 0.15) is 0 Å². The summed E-state index contributed by atoms with van der Waals surface area (Å²) in [4.78, 5) is 24.1. The highest BCUT2D eigenvalue weighted by molar-refractivity contribution is 5.51. The summed E-state index contributed by atoms with van der Waals surface area (Å²) in [6.45, 7) is 3.81. The van der Waals surface area contributed by atoms with Gasteiger partial charge in [0.2, 0.25) is 0 Å². The van der Waals surface area contributed by atoms with Gasteiger partial charge in [-0.05, 0) is 19.4 Å². The maximum Gasteiger partial charge on any atom is 0.274 e. The van der Waals surface area contributed by atoms with Crippen molar-refractivity contribution >= 4 is 12.2 Å². The van der Waals surface area contributed by atoms with Gasteiger partial charge >= 0.3 is 0 Å². The first-order valence-corrected chi connectivity index (χ1v) is 6.20. The zero-order valence-corrected chi connectivity index (χ0v) is 11.6. The Balaban J connectivity index is 2.87. The minimum Gasteiger partial charge on any atom is -0.299 e. The molecule has 0 radical (unpaired) electrons. The number of hydrogen-bond donors (Lipinski definition) is 2. The van der Waals surface area contributed by atoms with Crippen molar-refractivity contribution in [2.45, 2.75) is 20.3 Å². The summed E-state index contributed by atoms with van der Waals surface area (Å²) in [5.74, 6) is 0. The van der Waals surface area contributed by atoms with Crippen LogP contribution in [0.25, 0.3) is 12.2 Å². The van der Waals surface area contributed by atoms with Crippen molar-refractivity contribution in [3.05, 3.63) is 42.5 Å². The van der Waals surface area contributed by atoms with Crippen LogP contribution in [0.4, 0.5) is 0 Å². The Morgan fingerprint density at radius 2 is 1.74 bits per heavy atom. The number of rotatable bonds is 2. The average molecular weight is 262 g/mol. The predicted octanol–water partition coefficient (Wildman–Crippen LogP) is -1.07. The second-order valence-corrected chi connectivity index (χ2v) is 4.46. The topological polar surface area (TPSA) is 75.6 Å². The molecular weight excluding hydrogens is 244 g/mol. The van der Waals surface area contributed by atoms with E-state index in [-0.39, 0.29) is 11.1 Å². The van der Waals surface area contributed by atoms with Crippen LogP contribution in [0.15, 0.2) is 9.59 Å². The first-order valence-electron chi connectivity index (χ1n) is 6.20. The molecule has 2 aromatic heterocycles. The van der Waals surface area contributed by atoms with E-state index >= 15 is 0 Å². The molecule has 0 saturated carbocycles. The van der Waals surface area contributed by atoms with Crippen LogP contribution < -0.4 is 21.7 Å². The molecule has 2 N–H and O–H groups in total. The largest absolute Gasteiger partial charge is 0.299 e. The highest BCUT2D eigenvalue weighted by Crippen LogP contribution is 2.01. The summed E-state index contributed by atoms with van der Waals surface area (Å²) in [5.41, 5.74) is 1.11. The smallest absolute Gasteiger partial charge is 0.274 e. The summed E-state index contributed by atoms with van der Waals surface area (Å²) in [7, 11) is 3.32. The van der Waals surface area contributed by atoms with Gasteiger partial charge in [0.25, 0.3) is 11.1 Å². The zero-order valence-electron chi connectivity index (χ0n) is 11.6. The second-order valence-electron chi connectivity index (χ2n) is 4.46. The molecule has 0 atom stereocenters. The summed E-state index contributed by atoms with van der Waals surface area (Å²) in [5, 5.41) is 7.17. The van der Waals surface area contributed by atoms with Crippen LogP contribution in [0.5, 0.6) is 0 Å². The van der Waals surface area contributed by atoms with Gasteiger partial charge in [0.05, 0.1) is 16.1 Å². The molecule has 19 heavy (non-hydrogen) atoms. The summed E-state index contributed by atoms with van der Waals surface area (Å²) in [6.07, 6.45) is 4.18. The Labute approximate surface area is 109 Å². The lowest BCUT2D eigenvalue weighted by molar-refractivity contribution is 0.722. The fourth-order valence-electron chi connectivity index (χ4n) is 2.13. The Bertz CT molecular complexity index is 830. The Morgan fingerprint density at radius 3 is 2.32 bits per heavy atom. The van der Waals surface area contributed by atoms with E-state index in [0.29, 0.717) is 17.2 Å². The van der Waals surface area contributed by atoms with E-state index in [1.54, 1.807) is 20.2 Å². The van der Waals surface area contributed by atoms with Crippen molar-refractivity contribution in [1.82, 2.24) is 19.6 Å². The third kappa shape index (κ3) is 2.09. The van der Waals surface area contributed by atoms with Gasteiger partial charge in [-0.1, -0.05) is 13.0 Å². The molecule has 102 valence electrons. The van der Waals surface area contributed by atoms with E-state index in [4.69, 9.17) is 0 Å². The fourth-order valence-corrected chi connectivity index (χ4v) is 2.13. The normalized spacial score (nSPS) is 13.5. The molecule has 0 bridgehead atoms. The Morgan fingerprint density at radius 1 is 1.11 bits per heavy atom. The minimum atomic E-state index is -0.140. The predicted molar refractivity (Wildman–Crippen MR) is 74.4 cm³/mol. The lowest BCUT2D eigenvalue weighted by Gasteiger charge is -1.90. The maximum atomic E-state index is 12.0. The summed E-state index contributed by atoms with van der Waals surface area (Å²) < 4.78 is 2.83. The SMILES string of the molecule is CC=c1[nH]n(C)c(=O)c1=Cc1c(CC)[nH]n(C)c1=O. The number of H-pyrrole nitrogens is 2. The number of aryl methyl sites for hydroxylation is 3. The van der Waals surface area contributed by atoms with Crippen LogP contribution in [-0.2, 0) is 20.5 Å². The molecule has 6 nitrogen and oxygen atoms in total. The molecule has 0 amide bonds. The van der Waals surface area contributed by atoms with Crippen LogP contribution in [0.3, 0.4) is 0 Å². The van der Waals surface area contributed by atoms with Gasteiger partial charge < -0.3 is 0 Å². The quantitative estimate of drug-likeness (QED) is 0.723. The maximum absolute atomic E-state index is 12.0. The van der Waals surface area contributed by atoms with E-state index < -0.39 is 0 Å². The number of aromatic nitrogens is 4. The number of hydrogen-bond acceptors (Lipinski definition) is 2. The molecule has 2 aromatic rings. The monoisotopic (exact) mass is 262 g/mol. The van der Waals surface area contributed by atoms with E-state index in [9.17, 15) is 9.59 Å². The van der Waals surface area contributed by atoms with Gasteiger partial charge in [0.15, 0.2) is 0 Å². The van der Waals surface area contributed by atoms with Crippen LogP contribution in [-0.4, -0.2) is 19.6 Å². The third-order valence-corrected chi connectivity index (χ3v) is 3.21. The highest BCUT2D eigenvalue weighted by atomic mass is 16.1. The van der Waals surface area contributed by atoms with Crippen LogP contribution in [0, 0.1) is 0 Å². The van der Waals surface area contributed by atoms with Gasteiger partial charge in [-0.3, -0.25) is 29.2 Å². The van der Waals surface area contributed by atoms with E-state index in [1.807, 2.05) is 19.9 Å². The summed E-state index contributed by atoms with van der Waals surface area (Å²) >= 11 is 0. The molecule has 0 saturated heterocycles. The van der Waals surface area contributed by atoms with Crippen molar-refractivity contribution in [2.75, 3.05) is 0 Å². The molecule has 2 rings (SSSR count). The molecule has 0 aliphatic rings. The first kappa shape index (κ1) is 13.2. The summed E-state index contributed by atoms with van der Waals surface area (Å²) in [6, 6.07) is 0. The first-order chi connectivity index (χ1) is 8.99. The molecule has 0 aliphatic carbocycles. The third-order valence-electron chi connectivity index (χ3n) is 3.21. The van der Waals surface area contributed by atoms with Gasteiger partial charge in [-0.25, -0.2) is 0 Å². The highest BCUT2D eigenvalue weighted by Gasteiger charge is 2.09.